The summed E-state index contributed by atoms with van der Waals surface area (Å²) >= 11 is 0. The van der Waals surface area contributed by atoms with E-state index in [1.54, 1.807) is 31.2 Å². The number of carbonyl (C=O) groups is 2. The minimum atomic E-state index is -1.07. The van der Waals surface area contributed by atoms with Crippen molar-refractivity contribution in [1.82, 2.24) is 0 Å². The van der Waals surface area contributed by atoms with Crippen LogP contribution in [0.25, 0.3) is 0 Å². The zero-order valence-electron chi connectivity index (χ0n) is 15.1. The first kappa shape index (κ1) is 19.0. The second-order valence-electron chi connectivity index (χ2n) is 6.88. The topological polar surface area (TPSA) is 55.4 Å². The summed E-state index contributed by atoms with van der Waals surface area (Å²) in [6, 6.07) is 10.6. The molecule has 6 heteroatoms. The molecule has 1 aliphatic carbocycles. The van der Waals surface area contributed by atoms with Crippen molar-refractivity contribution in [2.24, 2.45) is 0 Å². The lowest BCUT2D eigenvalue weighted by Gasteiger charge is -2.27. The van der Waals surface area contributed by atoms with Crippen LogP contribution in [0.15, 0.2) is 42.5 Å². The van der Waals surface area contributed by atoms with E-state index in [2.05, 4.69) is 5.32 Å². The lowest BCUT2D eigenvalue weighted by atomic mass is 9.78. The Balaban J connectivity index is 1.68. The van der Waals surface area contributed by atoms with E-state index in [9.17, 15) is 18.4 Å². The van der Waals surface area contributed by atoms with Crippen LogP contribution >= 0.6 is 0 Å². The third kappa shape index (κ3) is 3.99. The monoisotopic (exact) mass is 373 g/mol. The van der Waals surface area contributed by atoms with Crippen LogP contribution in [0.1, 0.15) is 36.8 Å². The van der Waals surface area contributed by atoms with Crippen molar-refractivity contribution in [2.75, 3.05) is 11.9 Å². The number of aryl methyl sites for hydroxylation is 1. The van der Waals surface area contributed by atoms with Crippen LogP contribution in [0, 0.1) is 18.6 Å². The second-order valence-corrected chi connectivity index (χ2v) is 6.88. The van der Waals surface area contributed by atoms with Crippen molar-refractivity contribution in [3.05, 3.63) is 65.2 Å². The number of esters is 1. The molecule has 0 heterocycles. The normalized spacial score (nSPS) is 15.4. The molecule has 142 valence electrons. The molecule has 0 aromatic heterocycles. The maximum Gasteiger partial charge on any atom is 0.317 e. The lowest BCUT2D eigenvalue weighted by Crippen LogP contribution is -2.37. The van der Waals surface area contributed by atoms with Crippen LogP contribution in [0.5, 0.6) is 0 Å². The summed E-state index contributed by atoms with van der Waals surface area (Å²) in [5.74, 6) is -2.28. The van der Waals surface area contributed by atoms with Crippen molar-refractivity contribution in [2.45, 2.75) is 38.0 Å². The summed E-state index contributed by atoms with van der Waals surface area (Å²) in [5.41, 5.74) is -0.0189. The van der Waals surface area contributed by atoms with Gasteiger partial charge >= 0.3 is 5.97 Å². The molecule has 1 saturated carbocycles. The van der Waals surface area contributed by atoms with Gasteiger partial charge in [0, 0.05) is 5.56 Å². The van der Waals surface area contributed by atoms with Gasteiger partial charge in [0.05, 0.1) is 11.1 Å². The van der Waals surface area contributed by atoms with Crippen LogP contribution < -0.4 is 5.32 Å². The van der Waals surface area contributed by atoms with Gasteiger partial charge < -0.3 is 10.1 Å². The number of nitrogens with one attached hydrogen (secondary N) is 1. The van der Waals surface area contributed by atoms with Gasteiger partial charge in [0.15, 0.2) is 6.61 Å². The third-order valence-corrected chi connectivity index (χ3v) is 4.97. The quantitative estimate of drug-likeness (QED) is 0.797. The van der Waals surface area contributed by atoms with Crippen LogP contribution in [0.3, 0.4) is 0 Å². The number of ether oxygens (including phenoxy) is 1. The van der Waals surface area contributed by atoms with E-state index in [4.69, 9.17) is 4.74 Å². The predicted octanol–water partition coefficient (Wildman–Crippen LogP) is 4.27. The van der Waals surface area contributed by atoms with Crippen LogP contribution in [0.2, 0.25) is 0 Å². The molecule has 27 heavy (non-hydrogen) atoms. The molecule has 2 aromatic carbocycles. The van der Waals surface area contributed by atoms with E-state index in [1.807, 2.05) is 0 Å². The molecule has 0 saturated heterocycles. The first-order valence-corrected chi connectivity index (χ1v) is 8.91. The average molecular weight is 373 g/mol. The minimum Gasteiger partial charge on any atom is -0.455 e. The van der Waals surface area contributed by atoms with E-state index >= 15 is 0 Å². The molecule has 1 fully saturated rings. The van der Waals surface area contributed by atoms with Crippen molar-refractivity contribution in [3.63, 3.8) is 0 Å². The fraction of sp³-hybridized carbons (Fsp3) is 0.333. The van der Waals surface area contributed by atoms with Crippen LogP contribution in [-0.2, 0) is 19.7 Å². The molecule has 2 aromatic rings. The van der Waals surface area contributed by atoms with E-state index in [-0.39, 0.29) is 5.69 Å². The lowest BCUT2D eigenvalue weighted by molar-refractivity contribution is -0.153. The molecule has 3 rings (SSSR count). The van der Waals surface area contributed by atoms with Gasteiger partial charge in [-0.15, -0.1) is 0 Å². The fourth-order valence-corrected chi connectivity index (χ4v) is 3.59. The average Bonchev–Trinajstić information content (AvgIpc) is 3.13. The Bertz CT molecular complexity index is 860. The number of rotatable bonds is 5. The van der Waals surface area contributed by atoms with Crippen molar-refractivity contribution >= 4 is 17.6 Å². The van der Waals surface area contributed by atoms with E-state index in [0.29, 0.717) is 18.4 Å². The number of halogens is 2. The zero-order chi connectivity index (χ0) is 19.4. The van der Waals surface area contributed by atoms with Crippen LogP contribution in [0.4, 0.5) is 14.5 Å². The molecule has 0 radical (unpaired) electrons. The van der Waals surface area contributed by atoms with Gasteiger partial charge in [0.2, 0.25) is 0 Å². The zero-order valence-corrected chi connectivity index (χ0v) is 15.1. The highest BCUT2D eigenvalue weighted by atomic mass is 19.1. The summed E-state index contributed by atoms with van der Waals surface area (Å²) in [4.78, 5) is 24.8. The number of benzene rings is 2. The maximum absolute atomic E-state index is 14.3. The third-order valence-electron chi connectivity index (χ3n) is 4.97. The van der Waals surface area contributed by atoms with Gasteiger partial charge in [-0.25, -0.2) is 8.78 Å². The second kappa shape index (κ2) is 7.86. The number of anilines is 1. The standard InChI is InChI=1S/C21H21F2NO3/c1-14-8-9-18(17(23)12-14)24-19(25)13-27-20(26)21(10-4-5-11-21)15-6-2-3-7-16(15)22/h2-3,6-9,12H,4-5,10-11,13H2,1H3,(H,24,25). The first-order valence-electron chi connectivity index (χ1n) is 8.91. The molecule has 0 atom stereocenters. The molecule has 0 bridgehead atoms. The Morgan fingerprint density at radius 3 is 2.44 bits per heavy atom. The molecule has 1 aliphatic rings. The number of hydrogen-bond acceptors (Lipinski definition) is 3. The molecule has 0 aliphatic heterocycles. The summed E-state index contributed by atoms with van der Waals surface area (Å²) < 4.78 is 33.3. The highest BCUT2D eigenvalue weighted by molar-refractivity contribution is 5.94. The first-order chi connectivity index (χ1) is 12.9. The number of hydrogen-bond donors (Lipinski definition) is 1. The Hall–Kier alpha value is -2.76. The minimum absolute atomic E-state index is 0.0198. The van der Waals surface area contributed by atoms with Crippen LogP contribution in [-0.4, -0.2) is 18.5 Å². The highest BCUT2D eigenvalue weighted by Gasteiger charge is 2.45. The Morgan fingerprint density at radius 1 is 1.07 bits per heavy atom. The predicted molar refractivity (Wildman–Crippen MR) is 97.3 cm³/mol. The van der Waals surface area contributed by atoms with E-state index < -0.39 is 35.5 Å². The van der Waals surface area contributed by atoms with Gasteiger partial charge in [-0.1, -0.05) is 37.1 Å². The van der Waals surface area contributed by atoms with Gasteiger partial charge in [-0.2, -0.15) is 0 Å². The maximum atomic E-state index is 14.3. The Labute approximate surface area is 156 Å². The summed E-state index contributed by atoms with van der Waals surface area (Å²) in [7, 11) is 0. The number of amides is 1. The van der Waals surface area contributed by atoms with Gasteiger partial charge in [0.1, 0.15) is 11.6 Å². The SMILES string of the molecule is Cc1ccc(NC(=O)COC(=O)C2(c3ccccc3F)CCCC2)c(F)c1. The summed E-state index contributed by atoms with van der Waals surface area (Å²) in [6.45, 7) is 1.18. The van der Waals surface area contributed by atoms with E-state index in [0.717, 1.165) is 18.4 Å². The molecule has 1 amide bonds. The van der Waals surface area contributed by atoms with E-state index in [1.165, 1.54) is 18.2 Å². The van der Waals surface area contributed by atoms with Gasteiger partial charge in [0.25, 0.3) is 5.91 Å². The molecular formula is C21H21F2NO3. The van der Waals surface area contributed by atoms with Crippen molar-refractivity contribution < 1.29 is 23.1 Å². The molecular weight excluding hydrogens is 352 g/mol. The summed E-state index contributed by atoms with van der Waals surface area (Å²) in [5, 5.41) is 2.38. The van der Waals surface area contributed by atoms with Gasteiger partial charge in [-0.3, -0.25) is 9.59 Å². The molecule has 0 unspecified atom stereocenters. The molecule has 1 N–H and O–H groups in total. The fourth-order valence-electron chi connectivity index (χ4n) is 3.59. The Morgan fingerprint density at radius 2 is 1.78 bits per heavy atom. The van der Waals surface area contributed by atoms with Crippen molar-refractivity contribution in [1.29, 1.82) is 0 Å². The molecule has 4 nitrogen and oxygen atoms in total. The number of carbonyl (C=O) groups excluding carboxylic acids is 2. The largest absolute Gasteiger partial charge is 0.455 e. The van der Waals surface area contributed by atoms with Crippen molar-refractivity contribution in [3.8, 4) is 0 Å². The molecule has 0 spiro atoms. The smallest absolute Gasteiger partial charge is 0.317 e. The van der Waals surface area contributed by atoms with Gasteiger partial charge in [-0.05, 0) is 43.5 Å². The highest BCUT2D eigenvalue weighted by Crippen LogP contribution is 2.43. The summed E-state index contributed by atoms with van der Waals surface area (Å²) in [6.07, 6.45) is 2.51. The Kier molecular flexibility index (Phi) is 5.54.